The smallest absolute Gasteiger partial charge is 0.221 e. The van der Waals surface area contributed by atoms with E-state index in [9.17, 15) is 4.79 Å². The zero-order chi connectivity index (χ0) is 17.4. The fraction of sp³-hybridized carbons (Fsp3) is 0.350. The molecule has 0 heterocycles. The first kappa shape index (κ1) is 17.9. The van der Waals surface area contributed by atoms with Crippen LogP contribution < -0.4 is 15.4 Å². The van der Waals surface area contributed by atoms with Crippen molar-refractivity contribution < 1.29 is 9.53 Å². The summed E-state index contributed by atoms with van der Waals surface area (Å²) < 4.78 is 5.13. The maximum Gasteiger partial charge on any atom is 0.221 e. The van der Waals surface area contributed by atoms with Gasteiger partial charge in [0.1, 0.15) is 5.75 Å². The molecule has 0 aliphatic heterocycles. The second kappa shape index (κ2) is 8.96. The quantitative estimate of drug-likeness (QED) is 0.781. The molecule has 0 saturated heterocycles. The number of carbonyl (C=O) groups excluding carboxylic acids is 1. The van der Waals surface area contributed by atoms with Gasteiger partial charge in [-0.15, -0.1) is 0 Å². The monoisotopic (exact) mass is 326 g/mol. The summed E-state index contributed by atoms with van der Waals surface area (Å²) >= 11 is 0. The van der Waals surface area contributed by atoms with Gasteiger partial charge in [0.25, 0.3) is 0 Å². The number of carbonyl (C=O) groups is 1. The van der Waals surface area contributed by atoms with Crippen LogP contribution in [0.2, 0.25) is 0 Å². The molecule has 128 valence electrons. The third-order valence-corrected chi connectivity index (χ3v) is 3.80. The Morgan fingerprint density at radius 1 is 1.00 bits per heavy atom. The highest BCUT2D eigenvalue weighted by molar-refractivity contribution is 5.76. The highest BCUT2D eigenvalue weighted by Crippen LogP contribution is 2.13. The molecule has 1 amide bonds. The minimum atomic E-state index is 0.0698. The summed E-state index contributed by atoms with van der Waals surface area (Å²) in [7, 11) is 1.65. The van der Waals surface area contributed by atoms with Gasteiger partial charge < -0.3 is 15.4 Å². The molecule has 4 heteroatoms. The molecule has 0 radical (unpaired) electrons. The van der Waals surface area contributed by atoms with E-state index in [1.807, 2.05) is 24.3 Å². The van der Waals surface area contributed by atoms with Gasteiger partial charge in [-0.3, -0.25) is 4.79 Å². The number of rotatable bonds is 8. The van der Waals surface area contributed by atoms with Crippen molar-refractivity contribution in [3.8, 4) is 5.75 Å². The number of ether oxygens (including phenoxy) is 1. The zero-order valence-electron chi connectivity index (χ0n) is 14.7. The standard InChI is InChI=1S/C20H26N2O2/c1-15-12-16(2)14-18(13-15)21-11-9-20(23)22-10-8-17-4-6-19(24-3)7-5-17/h4-7,12-14,21H,8-11H2,1-3H3,(H,22,23). The van der Waals surface area contributed by atoms with Crippen molar-refractivity contribution in [2.45, 2.75) is 26.7 Å². The van der Waals surface area contributed by atoms with Crippen LogP contribution in [0, 0.1) is 13.8 Å². The van der Waals surface area contributed by atoms with Gasteiger partial charge in [-0.05, 0) is 61.2 Å². The van der Waals surface area contributed by atoms with Crippen molar-refractivity contribution in [2.75, 3.05) is 25.5 Å². The summed E-state index contributed by atoms with van der Waals surface area (Å²) in [5, 5.41) is 6.26. The molecule has 0 spiro atoms. The van der Waals surface area contributed by atoms with Crippen molar-refractivity contribution in [1.82, 2.24) is 5.32 Å². The SMILES string of the molecule is COc1ccc(CCNC(=O)CCNc2cc(C)cc(C)c2)cc1. The van der Waals surface area contributed by atoms with Crippen LogP contribution in [0.1, 0.15) is 23.1 Å². The van der Waals surface area contributed by atoms with Crippen LogP contribution in [0.4, 0.5) is 5.69 Å². The van der Waals surface area contributed by atoms with E-state index >= 15 is 0 Å². The van der Waals surface area contributed by atoms with Crippen molar-refractivity contribution >= 4 is 11.6 Å². The summed E-state index contributed by atoms with van der Waals surface area (Å²) in [5.41, 5.74) is 4.70. The molecule has 2 N–H and O–H groups in total. The lowest BCUT2D eigenvalue weighted by Crippen LogP contribution is -2.27. The Morgan fingerprint density at radius 2 is 1.67 bits per heavy atom. The Bertz CT molecular complexity index is 646. The van der Waals surface area contributed by atoms with Crippen molar-refractivity contribution in [1.29, 1.82) is 0 Å². The van der Waals surface area contributed by atoms with Crippen molar-refractivity contribution in [2.24, 2.45) is 0 Å². The van der Waals surface area contributed by atoms with E-state index in [0.717, 1.165) is 17.9 Å². The molecule has 4 nitrogen and oxygen atoms in total. The van der Waals surface area contributed by atoms with E-state index in [0.29, 0.717) is 19.5 Å². The third-order valence-electron chi connectivity index (χ3n) is 3.80. The maximum absolute atomic E-state index is 11.9. The fourth-order valence-corrected chi connectivity index (χ4v) is 2.62. The van der Waals surface area contributed by atoms with Crippen LogP contribution in [0.5, 0.6) is 5.75 Å². The lowest BCUT2D eigenvalue weighted by atomic mass is 10.1. The Balaban J connectivity index is 1.65. The molecule has 0 aliphatic carbocycles. The van der Waals surface area contributed by atoms with Crippen LogP contribution in [-0.2, 0) is 11.2 Å². The summed E-state index contributed by atoms with van der Waals surface area (Å²) in [6.45, 7) is 5.43. The van der Waals surface area contributed by atoms with Gasteiger partial charge in [-0.25, -0.2) is 0 Å². The number of amides is 1. The molecule has 0 aliphatic rings. The topological polar surface area (TPSA) is 50.4 Å². The molecule has 0 aromatic heterocycles. The number of nitrogens with one attached hydrogen (secondary N) is 2. The number of benzene rings is 2. The summed E-state index contributed by atoms with van der Waals surface area (Å²) in [6.07, 6.45) is 1.29. The third kappa shape index (κ3) is 5.95. The summed E-state index contributed by atoms with van der Waals surface area (Å²) in [4.78, 5) is 11.9. The van der Waals surface area contributed by atoms with E-state index < -0.39 is 0 Å². The van der Waals surface area contributed by atoms with Gasteiger partial charge in [0, 0.05) is 25.2 Å². The number of hydrogen-bond donors (Lipinski definition) is 2. The molecule has 2 rings (SSSR count). The lowest BCUT2D eigenvalue weighted by molar-refractivity contribution is -0.120. The van der Waals surface area contributed by atoms with Gasteiger partial charge in [-0.1, -0.05) is 18.2 Å². The summed E-state index contributed by atoms with van der Waals surface area (Å²) in [6, 6.07) is 14.2. The molecule has 2 aromatic rings. The van der Waals surface area contributed by atoms with Crippen LogP contribution in [0.3, 0.4) is 0 Å². The molecular weight excluding hydrogens is 300 g/mol. The fourth-order valence-electron chi connectivity index (χ4n) is 2.62. The predicted octanol–water partition coefficient (Wildman–Crippen LogP) is 3.47. The zero-order valence-corrected chi connectivity index (χ0v) is 14.7. The molecule has 2 aromatic carbocycles. The molecule has 0 atom stereocenters. The molecular formula is C20H26N2O2. The van der Waals surface area contributed by atoms with Crippen LogP contribution in [0.25, 0.3) is 0 Å². The average Bonchev–Trinajstić information content (AvgIpc) is 2.54. The van der Waals surface area contributed by atoms with Crippen LogP contribution >= 0.6 is 0 Å². The van der Waals surface area contributed by atoms with Gasteiger partial charge >= 0.3 is 0 Å². The predicted molar refractivity (Wildman–Crippen MR) is 98.7 cm³/mol. The highest BCUT2D eigenvalue weighted by Gasteiger charge is 2.02. The van der Waals surface area contributed by atoms with Gasteiger partial charge in [0.2, 0.25) is 5.91 Å². The van der Waals surface area contributed by atoms with Crippen molar-refractivity contribution in [3.05, 3.63) is 59.2 Å². The largest absolute Gasteiger partial charge is 0.497 e. The Hall–Kier alpha value is -2.49. The minimum absolute atomic E-state index is 0.0698. The average molecular weight is 326 g/mol. The van der Waals surface area contributed by atoms with Crippen LogP contribution in [-0.4, -0.2) is 26.1 Å². The second-order valence-corrected chi connectivity index (χ2v) is 6.00. The lowest BCUT2D eigenvalue weighted by Gasteiger charge is -2.09. The molecule has 0 bridgehead atoms. The molecule has 0 unspecified atom stereocenters. The number of anilines is 1. The van der Waals surface area contributed by atoms with Gasteiger partial charge in [0.15, 0.2) is 0 Å². The minimum Gasteiger partial charge on any atom is -0.497 e. The van der Waals surface area contributed by atoms with E-state index in [1.54, 1.807) is 7.11 Å². The van der Waals surface area contributed by atoms with E-state index in [2.05, 4.69) is 42.7 Å². The van der Waals surface area contributed by atoms with E-state index in [1.165, 1.54) is 16.7 Å². The maximum atomic E-state index is 11.9. The number of hydrogen-bond acceptors (Lipinski definition) is 3. The van der Waals surface area contributed by atoms with Gasteiger partial charge in [0.05, 0.1) is 7.11 Å². The number of methoxy groups -OCH3 is 1. The number of aryl methyl sites for hydroxylation is 2. The van der Waals surface area contributed by atoms with E-state index in [-0.39, 0.29) is 5.91 Å². The summed E-state index contributed by atoms with van der Waals surface area (Å²) in [5.74, 6) is 0.917. The van der Waals surface area contributed by atoms with Gasteiger partial charge in [-0.2, -0.15) is 0 Å². The normalized spacial score (nSPS) is 10.3. The second-order valence-electron chi connectivity index (χ2n) is 6.00. The van der Waals surface area contributed by atoms with Crippen LogP contribution in [0.15, 0.2) is 42.5 Å². The Kier molecular flexibility index (Phi) is 6.67. The molecule has 0 fully saturated rings. The highest BCUT2D eigenvalue weighted by atomic mass is 16.5. The Labute approximate surface area is 144 Å². The first-order valence-corrected chi connectivity index (χ1v) is 8.28. The van der Waals surface area contributed by atoms with Crippen molar-refractivity contribution in [3.63, 3.8) is 0 Å². The Morgan fingerprint density at radius 3 is 2.29 bits per heavy atom. The first-order chi connectivity index (χ1) is 11.6. The molecule has 0 saturated carbocycles. The first-order valence-electron chi connectivity index (χ1n) is 8.28. The molecule has 24 heavy (non-hydrogen) atoms. The van der Waals surface area contributed by atoms with E-state index in [4.69, 9.17) is 4.74 Å².